The summed E-state index contributed by atoms with van der Waals surface area (Å²) < 4.78 is 5.20. The average Bonchev–Trinajstić information content (AvgIpc) is 2.79. The summed E-state index contributed by atoms with van der Waals surface area (Å²) in [4.78, 5) is 24.8. The van der Waals surface area contributed by atoms with Gasteiger partial charge in [0.2, 0.25) is 5.91 Å². The Balaban J connectivity index is 2.58. The van der Waals surface area contributed by atoms with E-state index in [1.54, 1.807) is 4.90 Å². The predicted molar refractivity (Wildman–Crippen MR) is 66.3 cm³/mol. The molecule has 104 valence electrons. The van der Waals surface area contributed by atoms with Crippen LogP contribution >= 0.6 is 0 Å². The van der Waals surface area contributed by atoms with E-state index >= 15 is 0 Å². The highest BCUT2D eigenvalue weighted by molar-refractivity contribution is 5.78. The van der Waals surface area contributed by atoms with Gasteiger partial charge in [0.15, 0.2) is 0 Å². The number of ether oxygens (including phenoxy) is 1. The highest BCUT2D eigenvalue weighted by Gasteiger charge is 2.39. The van der Waals surface area contributed by atoms with E-state index in [0.717, 1.165) is 6.54 Å². The predicted octanol–water partition coefficient (Wildman–Crippen LogP) is -0.0659. The quantitative estimate of drug-likeness (QED) is 0.625. The molecule has 0 saturated carbocycles. The fourth-order valence-corrected chi connectivity index (χ4v) is 2.20. The highest BCUT2D eigenvalue weighted by Crippen LogP contribution is 2.20. The Morgan fingerprint density at radius 3 is 2.67 bits per heavy atom. The minimum atomic E-state index is -0.893. The molecular weight excluding hydrogens is 236 g/mol. The molecule has 0 aliphatic carbocycles. The molecular formula is C12H22N2O4. The fourth-order valence-electron chi connectivity index (χ4n) is 2.20. The van der Waals surface area contributed by atoms with Gasteiger partial charge < -0.3 is 20.1 Å². The van der Waals surface area contributed by atoms with Crippen LogP contribution in [0.1, 0.15) is 20.3 Å². The molecule has 1 saturated heterocycles. The maximum Gasteiger partial charge on any atom is 0.311 e. The first-order valence-corrected chi connectivity index (χ1v) is 6.42. The van der Waals surface area contributed by atoms with E-state index in [1.165, 1.54) is 0 Å². The number of likely N-dealkylation sites (N-methyl/N-ethyl adjacent to an activating group) is 1. The Hall–Kier alpha value is -1.14. The van der Waals surface area contributed by atoms with Crippen molar-refractivity contribution in [3.63, 3.8) is 0 Å². The summed E-state index contributed by atoms with van der Waals surface area (Å²) in [5.74, 6) is -1.51. The molecule has 1 rings (SSSR count). The standard InChI is InChI=1S/C12H22N2O4/c1-3-13-6-5-11(15)14(4-2)10-8-18-7-9(10)12(16)17/h9-10,13H,3-8H2,1-2H3,(H,16,17). The van der Waals surface area contributed by atoms with Crippen LogP contribution in [0.25, 0.3) is 0 Å². The van der Waals surface area contributed by atoms with E-state index in [2.05, 4.69) is 5.32 Å². The molecule has 2 unspecified atom stereocenters. The third kappa shape index (κ3) is 3.68. The summed E-state index contributed by atoms with van der Waals surface area (Å²) in [6, 6.07) is -0.332. The number of amides is 1. The summed E-state index contributed by atoms with van der Waals surface area (Å²) in [6.45, 7) is 6.31. The number of carboxylic acid groups (broad SMARTS) is 1. The van der Waals surface area contributed by atoms with Gasteiger partial charge in [-0.2, -0.15) is 0 Å². The van der Waals surface area contributed by atoms with Gasteiger partial charge >= 0.3 is 5.97 Å². The van der Waals surface area contributed by atoms with Crippen LogP contribution in [0.5, 0.6) is 0 Å². The number of carbonyl (C=O) groups excluding carboxylic acids is 1. The van der Waals surface area contributed by atoms with E-state index in [0.29, 0.717) is 26.1 Å². The molecule has 1 heterocycles. The number of nitrogens with one attached hydrogen (secondary N) is 1. The molecule has 0 radical (unpaired) electrons. The van der Waals surface area contributed by atoms with Crippen LogP contribution in [-0.2, 0) is 14.3 Å². The summed E-state index contributed by atoms with van der Waals surface area (Å²) >= 11 is 0. The van der Waals surface area contributed by atoms with Crippen molar-refractivity contribution in [2.24, 2.45) is 5.92 Å². The summed E-state index contributed by atoms with van der Waals surface area (Å²) in [7, 11) is 0. The average molecular weight is 258 g/mol. The minimum absolute atomic E-state index is 0.0137. The topological polar surface area (TPSA) is 78.9 Å². The Morgan fingerprint density at radius 1 is 1.39 bits per heavy atom. The van der Waals surface area contributed by atoms with Crippen LogP contribution < -0.4 is 5.32 Å². The zero-order chi connectivity index (χ0) is 13.5. The lowest BCUT2D eigenvalue weighted by Crippen LogP contribution is -2.47. The molecule has 1 fully saturated rings. The zero-order valence-electron chi connectivity index (χ0n) is 11.0. The Morgan fingerprint density at radius 2 is 2.11 bits per heavy atom. The summed E-state index contributed by atoms with van der Waals surface area (Å²) in [5, 5.41) is 12.2. The van der Waals surface area contributed by atoms with Crippen molar-refractivity contribution in [1.82, 2.24) is 10.2 Å². The molecule has 0 aromatic carbocycles. The molecule has 1 aliphatic rings. The van der Waals surface area contributed by atoms with Crippen molar-refractivity contribution >= 4 is 11.9 Å². The second-order valence-electron chi connectivity index (χ2n) is 4.33. The van der Waals surface area contributed by atoms with Crippen molar-refractivity contribution in [1.29, 1.82) is 0 Å². The Kier molecular flexibility index (Phi) is 6.07. The maximum atomic E-state index is 12.0. The second-order valence-corrected chi connectivity index (χ2v) is 4.33. The maximum absolute atomic E-state index is 12.0. The third-order valence-corrected chi connectivity index (χ3v) is 3.19. The molecule has 2 atom stereocenters. The number of hydrogen-bond donors (Lipinski definition) is 2. The van der Waals surface area contributed by atoms with E-state index in [-0.39, 0.29) is 18.6 Å². The zero-order valence-corrected chi connectivity index (χ0v) is 11.0. The normalized spacial score (nSPS) is 23.0. The number of nitrogens with zero attached hydrogens (tertiary/aromatic N) is 1. The van der Waals surface area contributed by atoms with Gasteiger partial charge in [0.25, 0.3) is 0 Å². The number of carboxylic acids is 1. The van der Waals surface area contributed by atoms with Gasteiger partial charge in [-0.25, -0.2) is 0 Å². The van der Waals surface area contributed by atoms with Crippen LogP contribution in [0.3, 0.4) is 0 Å². The molecule has 6 heteroatoms. The third-order valence-electron chi connectivity index (χ3n) is 3.19. The van der Waals surface area contributed by atoms with Crippen molar-refractivity contribution < 1.29 is 19.4 Å². The molecule has 0 aromatic rings. The number of carbonyl (C=O) groups is 2. The van der Waals surface area contributed by atoms with Crippen molar-refractivity contribution in [2.75, 3.05) is 32.8 Å². The molecule has 18 heavy (non-hydrogen) atoms. The minimum Gasteiger partial charge on any atom is -0.481 e. The first-order valence-electron chi connectivity index (χ1n) is 6.42. The number of rotatable bonds is 7. The molecule has 0 bridgehead atoms. The fraction of sp³-hybridized carbons (Fsp3) is 0.833. The Labute approximate surface area is 107 Å². The second kappa shape index (κ2) is 7.33. The Bertz CT molecular complexity index is 296. The molecule has 1 aliphatic heterocycles. The van der Waals surface area contributed by atoms with Gasteiger partial charge in [-0.05, 0) is 13.5 Å². The van der Waals surface area contributed by atoms with E-state index < -0.39 is 11.9 Å². The lowest BCUT2D eigenvalue weighted by atomic mass is 10.0. The largest absolute Gasteiger partial charge is 0.481 e. The number of hydrogen-bond acceptors (Lipinski definition) is 4. The van der Waals surface area contributed by atoms with E-state index in [4.69, 9.17) is 9.84 Å². The van der Waals surface area contributed by atoms with Crippen LogP contribution in [0, 0.1) is 5.92 Å². The molecule has 2 N–H and O–H groups in total. The molecule has 0 aromatic heterocycles. The van der Waals surface area contributed by atoms with E-state index in [9.17, 15) is 9.59 Å². The van der Waals surface area contributed by atoms with Gasteiger partial charge in [-0.15, -0.1) is 0 Å². The molecule has 6 nitrogen and oxygen atoms in total. The summed E-state index contributed by atoms with van der Waals surface area (Å²) in [5.41, 5.74) is 0. The number of aliphatic carboxylic acids is 1. The van der Waals surface area contributed by atoms with Crippen LogP contribution in [0.4, 0.5) is 0 Å². The first-order chi connectivity index (χ1) is 8.61. The van der Waals surface area contributed by atoms with Gasteiger partial charge in [-0.1, -0.05) is 6.92 Å². The van der Waals surface area contributed by atoms with Crippen molar-refractivity contribution in [3.05, 3.63) is 0 Å². The van der Waals surface area contributed by atoms with Gasteiger partial charge in [0, 0.05) is 19.5 Å². The van der Waals surface area contributed by atoms with Crippen LogP contribution in [-0.4, -0.2) is 60.8 Å². The smallest absolute Gasteiger partial charge is 0.311 e. The van der Waals surface area contributed by atoms with Crippen molar-refractivity contribution in [2.45, 2.75) is 26.3 Å². The van der Waals surface area contributed by atoms with Crippen LogP contribution in [0.2, 0.25) is 0 Å². The molecule has 1 amide bonds. The lowest BCUT2D eigenvalue weighted by Gasteiger charge is -2.29. The van der Waals surface area contributed by atoms with Crippen molar-refractivity contribution in [3.8, 4) is 0 Å². The van der Waals surface area contributed by atoms with Crippen LogP contribution in [0.15, 0.2) is 0 Å². The molecule has 0 spiro atoms. The SMILES string of the molecule is CCNCCC(=O)N(CC)C1COCC1C(=O)O. The van der Waals surface area contributed by atoms with Gasteiger partial charge in [0.1, 0.15) is 5.92 Å². The lowest BCUT2D eigenvalue weighted by molar-refractivity contribution is -0.145. The van der Waals surface area contributed by atoms with E-state index in [1.807, 2.05) is 13.8 Å². The first kappa shape index (κ1) is 14.9. The van der Waals surface area contributed by atoms with Gasteiger partial charge in [0.05, 0.1) is 19.3 Å². The highest BCUT2D eigenvalue weighted by atomic mass is 16.5. The summed E-state index contributed by atoms with van der Waals surface area (Å²) in [6.07, 6.45) is 0.393. The van der Waals surface area contributed by atoms with Gasteiger partial charge in [-0.3, -0.25) is 9.59 Å². The monoisotopic (exact) mass is 258 g/mol.